The quantitative estimate of drug-likeness (QED) is 0.537. The molecule has 0 spiro atoms. The lowest BCUT2D eigenvalue weighted by atomic mass is 10.4. The lowest BCUT2D eigenvalue weighted by Crippen LogP contribution is -2.45. The molecule has 1 rings (SSSR count). The third kappa shape index (κ3) is 4.03. The van der Waals surface area contributed by atoms with Gasteiger partial charge in [-0.1, -0.05) is 6.58 Å². The summed E-state index contributed by atoms with van der Waals surface area (Å²) in [6.45, 7) is 7.81. The predicted molar refractivity (Wildman–Crippen MR) is 64.9 cm³/mol. The molecule has 0 aliphatic rings. The van der Waals surface area contributed by atoms with E-state index in [1.165, 1.54) is 0 Å². The van der Waals surface area contributed by atoms with Crippen molar-refractivity contribution in [1.82, 2.24) is 16.2 Å². The molecule has 1 aromatic heterocycles. The van der Waals surface area contributed by atoms with E-state index in [2.05, 4.69) is 22.7 Å². The Morgan fingerprint density at radius 1 is 1.47 bits per heavy atom. The maximum Gasteiger partial charge on any atom is 0.185 e. The molecule has 0 unspecified atom stereocenters. The van der Waals surface area contributed by atoms with Gasteiger partial charge in [-0.05, 0) is 38.2 Å². The van der Waals surface area contributed by atoms with E-state index < -0.39 is 0 Å². The lowest BCUT2D eigenvalue weighted by Gasteiger charge is -2.14. The second kappa shape index (κ2) is 5.41. The number of hydrazine groups is 1. The Hall–Kier alpha value is -1.49. The third-order valence-electron chi connectivity index (χ3n) is 1.57. The lowest BCUT2D eigenvalue weighted by molar-refractivity contribution is 0.545. The van der Waals surface area contributed by atoms with Crippen LogP contribution in [0.25, 0.3) is 5.70 Å². The highest BCUT2D eigenvalue weighted by atomic mass is 32.1. The molecule has 82 valence electrons. The second-order valence-electron chi connectivity index (χ2n) is 3.33. The predicted octanol–water partition coefficient (Wildman–Crippen LogP) is 1.63. The van der Waals surface area contributed by atoms with Gasteiger partial charge in [0, 0.05) is 6.04 Å². The second-order valence-corrected chi connectivity index (χ2v) is 3.74. The molecule has 0 aromatic carbocycles. The van der Waals surface area contributed by atoms with E-state index in [9.17, 15) is 0 Å². The fraction of sp³-hybridized carbons (Fsp3) is 0.300. The van der Waals surface area contributed by atoms with Gasteiger partial charge in [0.15, 0.2) is 10.9 Å². The molecule has 1 heterocycles. The summed E-state index contributed by atoms with van der Waals surface area (Å²) >= 11 is 5.02. The molecule has 0 amide bonds. The van der Waals surface area contributed by atoms with Crippen molar-refractivity contribution in [3.05, 3.63) is 30.7 Å². The molecule has 15 heavy (non-hydrogen) atoms. The van der Waals surface area contributed by atoms with Crippen LogP contribution in [0.5, 0.6) is 0 Å². The SMILES string of the molecule is C=C(NNC(=S)NC(C)C)c1ccco1. The first-order valence-electron chi connectivity index (χ1n) is 4.65. The highest BCUT2D eigenvalue weighted by Gasteiger charge is 2.01. The van der Waals surface area contributed by atoms with E-state index in [-0.39, 0.29) is 0 Å². The summed E-state index contributed by atoms with van der Waals surface area (Å²) < 4.78 is 5.14. The first-order chi connectivity index (χ1) is 7.09. The van der Waals surface area contributed by atoms with Crippen molar-refractivity contribution in [2.45, 2.75) is 19.9 Å². The zero-order chi connectivity index (χ0) is 11.3. The van der Waals surface area contributed by atoms with Crippen molar-refractivity contribution in [1.29, 1.82) is 0 Å². The summed E-state index contributed by atoms with van der Waals surface area (Å²) in [6.07, 6.45) is 1.59. The summed E-state index contributed by atoms with van der Waals surface area (Å²) in [5, 5.41) is 3.56. The molecule has 3 N–H and O–H groups in total. The van der Waals surface area contributed by atoms with Crippen LogP contribution >= 0.6 is 12.2 Å². The van der Waals surface area contributed by atoms with E-state index in [4.69, 9.17) is 16.6 Å². The molecule has 0 radical (unpaired) electrons. The van der Waals surface area contributed by atoms with Crippen LogP contribution in [0.1, 0.15) is 19.6 Å². The number of hydrogen-bond donors (Lipinski definition) is 3. The Bertz CT molecular complexity index is 332. The maximum absolute atomic E-state index is 5.14. The van der Waals surface area contributed by atoms with Crippen LogP contribution in [0.2, 0.25) is 0 Å². The fourth-order valence-electron chi connectivity index (χ4n) is 0.942. The standard InChI is InChI=1S/C10H15N3OS/c1-7(2)11-10(15)13-12-8(3)9-5-4-6-14-9/h4-7,12H,3H2,1-2H3,(H2,11,13,15). The van der Waals surface area contributed by atoms with Crippen LogP contribution in [0.15, 0.2) is 29.4 Å². The molecule has 0 saturated carbocycles. The van der Waals surface area contributed by atoms with Gasteiger partial charge in [0.25, 0.3) is 0 Å². The van der Waals surface area contributed by atoms with E-state index >= 15 is 0 Å². The zero-order valence-electron chi connectivity index (χ0n) is 8.83. The molecule has 5 heteroatoms. The van der Waals surface area contributed by atoms with Crippen molar-refractivity contribution in [2.75, 3.05) is 0 Å². The monoisotopic (exact) mass is 225 g/mol. The molecule has 0 atom stereocenters. The minimum atomic E-state index is 0.295. The van der Waals surface area contributed by atoms with Crippen LogP contribution in [-0.2, 0) is 0 Å². The zero-order valence-corrected chi connectivity index (χ0v) is 9.65. The van der Waals surface area contributed by atoms with Crippen LogP contribution in [0, 0.1) is 0 Å². The highest BCUT2D eigenvalue weighted by molar-refractivity contribution is 7.80. The first-order valence-corrected chi connectivity index (χ1v) is 5.05. The summed E-state index contributed by atoms with van der Waals surface area (Å²) in [6, 6.07) is 3.91. The average molecular weight is 225 g/mol. The Morgan fingerprint density at radius 3 is 2.73 bits per heavy atom. The Morgan fingerprint density at radius 2 is 2.20 bits per heavy atom. The van der Waals surface area contributed by atoms with Gasteiger partial charge in [-0.3, -0.25) is 10.9 Å². The van der Waals surface area contributed by atoms with Crippen molar-refractivity contribution in [2.24, 2.45) is 0 Å². The summed E-state index contributed by atoms with van der Waals surface area (Å²) in [4.78, 5) is 0. The van der Waals surface area contributed by atoms with Crippen LogP contribution in [0.3, 0.4) is 0 Å². The molecule has 0 fully saturated rings. The van der Waals surface area contributed by atoms with Crippen molar-refractivity contribution < 1.29 is 4.42 Å². The smallest absolute Gasteiger partial charge is 0.185 e. The topological polar surface area (TPSA) is 49.2 Å². The van der Waals surface area contributed by atoms with Gasteiger partial charge in [0.1, 0.15) is 0 Å². The fourth-order valence-corrected chi connectivity index (χ4v) is 1.23. The molecule has 0 aliphatic carbocycles. The Kier molecular flexibility index (Phi) is 4.17. The van der Waals surface area contributed by atoms with E-state index in [1.807, 2.05) is 19.9 Å². The van der Waals surface area contributed by atoms with Crippen molar-refractivity contribution in [3.63, 3.8) is 0 Å². The highest BCUT2D eigenvalue weighted by Crippen LogP contribution is 2.07. The van der Waals surface area contributed by atoms with Gasteiger partial charge in [-0.25, -0.2) is 0 Å². The van der Waals surface area contributed by atoms with E-state index in [0.717, 1.165) is 0 Å². The maximum atomic E-state index is 5.14. The van der Waals surface area contributed by atoms with Gasteiger partial charge >= 0.3 is 0 Å². The van der Waals surface area contributed by atoms with Gasteiger partial charge < -0.3 is 9.73 Å². The summed E-state index contributed by atoms with van der Waals surface area (Å²) in [5.74, 6) is 0.676. The van der Waals surface area contributed by atoms with Gasteiger partial charge in [-0.2, -0.15) is 0 Å². The van der Waals surface area contributed by atoms with E-state index in [0.29, 0.717) is 22.6 Å². The Labute approximate surface area is 94.7 Å². The van der Waals surface area contributed by atoms with Crippen LogP contribution < -0.4 is 16.2 Å². The molecule has 0 saturated heterocycles. The minimum Gasteiger partial charge on any atom is -0.463 e. The normalized spacial score (nSPS) is 9.80. The van der Waals surface area contributed by atoms with E-state index in [1.54, 1.807) is 12.3 Å². The Balaban J connectivity index is 2.32. The molecule has 0 bridgehead atoms. The van der Waals surface area contributed by atoms with Crippen molar-refractivity contribution >= 4 is 23.0 Å². The molecule has 1 aromatic rings. The minimum absolute atomic E-state index is 0.295. The molecular formula is C10H15N3OS. The number of thiocarbonyl (C=S) groups is 1. The van der Waals surface area contributed by atoms with Gasteiger partial charge in [0.2, 0.25) is 0 Å². The van der Waals surface area contributed by atoms with Crippen LogP contribution in [-0.4, -0.2) is 11.2 Å². The summed E-state index contributed by atoms with van der Waals surface area (Å²) in [7, 11) is 0. The van der Waals surface area contributed by atoms with Crippen LogP contribution in [0.4, 0.5) is 0 Å². The van der Waals surface area contributed by atoms with Gasteiger partial charge in [0.05, 0.1) is 12.0 Å². The molecule has 4 nitrogen and oxygen atoms in total. The van der Waals surface area contributed by atoms with Crippen molar-refractivity contribution in [3.8, 4) is 0 Å². The summed E-state index contributed by atoms with van der Waals surface area (Å²) in [5.41, 5.74) is 6.29. The number of rotatable bonds is 4. The number of hydrogen-bond acceptors (Lipinski definition) is 3. The largest absolute Gasteiger partial charge is 0.463 e. The number of nitrogens with one attached hydrogen (secondary N) is 3. The average Bonchev–Trinajstić information content (AvgIpc) is 2.65. The number of furan rings is 1. The third-order valence-corrected chi connectivity index (χ3v) is 1.79. The first kappa shape index (κ1) is 11.6. The molecule has 0 aliphatic heterocycles. The van der Waals surface area contributed by atoms with Gasteiger partial charge in [-0.15, -0.1) is 0 Å². The molecular weight excluding hydrogens is 210 g/mol.